The van der Waals surface area contributed by atoms with E-state index in [1.165, 1.54) is 0 Å². The highest BCUT2D eigenvalue weighted by molar-refractivity contribution is 5.90. The van der Waals surface area contributed by atoms with Crippen molar-refractivity contribution in [2.75, 3.05) is 13.6 Å². The number of hydrogen-bond acceptors (Lipinski definition) is 4. The van der Waals surface area contributed by atoms with Crippen molar-refractivity contribution in [1.29, 1.82) is 0 Å². The van der Waals surface area contributed by atoms with Crippen LogP contribution in [0.25, 0.3) is 0 Å². The largest absolute Gasteiger partial charge is 0.371 e. The van der Waals surface area contributed by atoms with E-state index in [-0.39, 0.29) is 0 Å². The van der Waals surface area contributed by atoms with E-state index in [0.29, 0.717) is 5.57 Å². The number of ether oxygens (including phenoxy) is 1. The number of rotatable bonds is 3. The van der Waals surface area contributed by atoms with Crippen LogP contribution in [-0.4, -0.2) is 29.7 Å². The molecular formula is C6H13NO4. The van der Waals surface area contributed by atoms with E-state index in [0.717, 1.165) is 0 Å². The Hall–Kier alpha value is -0.910. The van der Waals surface area contributed by atoms with Gasteiger partial charge in [0, 0.05) is 5.57 Å². The molecule has 0 aliphatic carbocycles. The number of hydrogen-bond donors (Lipinski definition) is 3. The van der Waals surface area contributed by atoms with Crippen LogP contribution in [0.15, 0.2) is 12.2 Å². The third-order valence-corrected chi connectivity index (χ3v) is 0.603. The highest BCUT2D eigenvalue weighted by atomic mass is 16.6. The summed E-state index contributed by atoms with van der Waals surface area (Å²) in [6.07, 6.45) is 0. The summed E-state index contributed by atoms with van der Waals surface area (Å²) in [4.78, 5) is 9.82. The van der Waals surface area contributed by atoms with Crippen LogP contribution in [0.1, 0.15) is 6.92 Å². The van der Waals surface area contributed by atoms with Gasteiger partial charge < -0.3 is 20.7 Å². The molecule has 66 valence electrons. The number of aliphatic hydroxyl groups is 2. The first-order chi connectivity index (χ1) is 5.06. The summed E-state index contributed by atoms with van der Waals surface area (Å²) in [7, 11) is 0. The van der Waals surface area contributed by atoms with Gasteiger partial charge in [-0.05, 0) is 6.92 Å². The summed E-state index contributed by atoms with van der Waals surface area (Å²) in [5.41, 5.74) is 5.09. The average molecular weight is 163 g/mol. The van der Waals surface area contributed by atoms with E-state index < -0.39 is 19.5 Å². The number of carbonyl (C=O) groups excluding carboxylic acids is 1. The van der Waals surface area contributed by atoms with E-state index in [1.54, 1.807) is 6.92 Å². The van der Waals surface area contributed by atoms with Gasteiger partial charge >= 0.3 is 0 Å². The molecule has 0 bridgehead atoms. The lowest BCUT2D eigenvalue weighted by atomic mass is 10.3. The predicted octanol–water partition coefficient (Wildman–Crippen LogP) is -1.05. The fourth-order valence-corrected chi connectivity index (χ4v) is 0.0408. The fourth-order valence-electron chi connectivity index (χ4n) is 0.0408. The molecule has 0 aliphatic heterocycles. The quantitative estimate of drug-likeness (QED) is 0.365. The van der Waals surface area contributed by atoms with Crippen molar-refractivity contribution < 1.29 is 19.7 Å². The fraction of sp³-hybridized carbons (Fsp3) is 0.500. The molecule has 0 spiro atoms. The smallest absolute Gasteiger partial charge is 0.243 e. The van der Waals surface area contributed by atoms with Gasteiger partial charge in [0.25, 0.3) is 0 Å². The molecule has 11 heavy (non-hydrogen) atoms. The molecule has 0 heterocycles. The molecule has 5 nitrogen and oxygen atoms in total. The zero-order valence-electron chi connectivity index (χ0n) is 6.41. The molecular weight excluding hydrogens is 150 g/mol. The summed E-state index contributed by atoms with van der Waals surface area (Å²) in [6.45, 7) is 4.04. The van der Waals surface area contributed by atoms with Crippen LogP contribution < -0.4 is 5.73 Å². The van der Waals surface area contributed by atoms with E-state index in [2.05, 4.69) is 11.3 Å². The Morgan fingerprint density at radius 2 is 1.82 bits per heavy atom. The van der Waals surface area contributed by atoms with Crippen LogP contribution in [0, 0.1) is 0 Å². The van der Waals surface area contributed by atoms with Crippen LogP contribution >= 0.6 is 0 Å². The molecule has 0 atom stereocenters. The summed E-state index contributed by atoms with van der Waals surface area (Å²) in [6, 6.07) is 0. The van der Waals surface area contributed by atoms with Crippen molar-refractivity contribution in [3.05, 3.63) is 12.2 Å². The maximum Gasteiger partial charge on any atom is 0.243 e. The molecule has 5 heteroatoms. The summed E-state index contributed by atoms with van der Waals surface area (Å²) in [5.74, 6) is -0.435. The first kappa shape index (κ1) is 12.7. The first-order valence-corrected chi connectivity index (χ1v) is 2.81. The van der Waals surface area contributed by atoms with Crippen molar-refractivity contribution in [2.24, 2.45) is 5.73 Å². The summed E-state index contributed by atoms with van der Waals surface area (Å²) < 4.78 is 3.94. The highest BCUT2D eigenvalue weighted by Gasteiger charge is 1.86. The van der Waals surface area contributed by atoms with Gasteiger partial charge in [0.05, 0.1) is 0 Å². The van der Waals surface area contributed by atoms with Gasteiger partial charge in [0.1, 0.15) is 13.6 Å². The van der Waals surface area contributed by atoms with Crippen LogP contribution in [0.5, 0.6) is 0 Å². The second-order valence-electron chi connectivity index (χ2n) is 1.61. The highest BCUT2D eigenvalue weighted by Crippen LogP contribution is 1.78. The molecule has 0 aliphatic rings. The van der Waals surface area contributed by atoms with Gasteiger partial charge in [-0.2, -0.15) is 0 Å². The Bertz CT molecular complexity index is 110. The Morgan fingerprint density at radius 3 is 1.82 bits per heavy atom. The van der Waals surface area contributed by atoms with Crippen molar-refractivity contribution in [1.82, 2.24) is 0 Å². The van der Waals surface area contributed by atoms with Gasteiger partial charge in [-0.15, -0.1) is 0 Å². The topological polar surface area (TPSA) is 92.8 Å². The molecule has 4 N–H and O–H groups in total. The standard InChI is InChI=1S/C4H7NO.C2H6O3/c1-3(2)4(5)6;3-1-5-2-4/h1H2,2H3,(H2,5,6);3-4H,1-2H2. The maximum absolute atomic E-state index is 9.82. The van der Waals surface area contributed by atoms with Gasteiger partial charge in [-0.25, -0.2) is 0 Å². The minimum atomic E-state index is -0.435. The van der Waals surface area contributed by atoms with Crippen molar-refractivity contribution in [3.8, 4) is 0 Å². The minimum Gasteiger partial charge on any atom is -0.371 e. The third kappa shape index (κ3) is 17.6. The Labute approximate surface area is 65.1 Å². The molecule has 0 radical (unpaired) electrons. The second kappa shape index (κ2) is 9.09. The number of aliphatic hydroxyl groups excluding tert-OH is 2. The lowest BCUT2D eigenvalue weighted by molar-refractivity contribution is -0.114. The number of amides is 1. The minimum absolute atomic E-state index is 0.398. The molecule has 0 rings (SSSR count). The van der Waals surface area contributed by atoms with Crippen molar-refractivity contribution in [2.45, 2.75) is 6.92 Å². The number of nitrogens with two attached hydrogens (primary N) is 1. The number of primary amides is 1. The number of carbonyl (C=O) groups is 1. The molecule has 0 saturated heterocycles. The lowest BCUT2D eigenvalue weighted by Gasteiger charge is -1.85. The SMILES string of the molecule is C=C(C)C(N)=O.OCOCO. The summed E-state index contributed by atoms with van der Waals surface area (Å²) >= 11 is 0. The van der Waals surface area contributed by atoms with E-state index in [1.807, 2.05) is 0 Å². The second-order valence-corrected chi connectivity index (χ2v) is 1.61. The van der Waals surface area contributed by atoms with Crippen LogP contribution in [-0.2, 0) is 9.53 Å². The molecule has 0 fully saturated rings. The normalized spacial score (nSPS) is 7.91. The van der Waals surface area contributed by atoms with Crippen molar-refractivity contribution >= 4 is 5.91 Å². The zero-order valence-corrected chi connectivity index (χ0v) is 6.41. The molecule has 0 unspecified atom stereocenters. The first-order valence-electron chi connectivity index (χ1n) is 2.81. The van der Waals surface area contributed by atoms with Gasteiger partial charge in [-0.1, -0.05) is 6.58 Å². The maximum atomic E-state index is 9.82. The summed E-state index contributed by atoms with van der Waals surface area (Å²) in [5, 5.41) is 15.4. The molecule has 1 amide bonds. The molecule has 0 aromatic heterocycles. The van der Waals surface area contributed by atoms with Crippen LogP contribution in [0.3, 0.4) is 0 Å². The van der Waals surface area contributed by atoms with Gasteiger partial charge in [0.2, 0.25) is 5.91 Å². The molecule has 0 aromatic rings. The Balaban J connectivity index is 0. The van der Waals surface area contributed by atoms with E-state index in [4.69, 9.17) is 15.9 Å². The van der Waals surface area contributed by atoms with Crippen LogP contribution in [0.4, 0.5) is 0 Å². The Kier molecular flexibility index (Phi) is 10.5. The van der Waals surface area contributed by atoms with E-state index >= 15 is 0 Å². The van der Waals surface area contributed by atoms with Crippen molar-refractivity contribution in [3.63, 3.8) is 0 Å². The zero-order chi connectivity index (χ0) is 9.28. The molecule has 0 saturated carbocycles. The van der Waals surface area contributed by atoms with Crippen LogP contribution in [0.2, 0.25) is 0 Å². The van der Waals surface area contributed by atoms with E-state index in [9.17, 15) is 4.79 Å². The third-order valence-electron chi connectivity index (χ3n) is 0.603. The lowest BCUT2D eigenvalue weighted by Crippen LogP contribution is -2.10. The molecule has 0 aromatic carbocycles. The van der Waals surface area contributed by atoms with Gasteiger partial charge in [-0.3, -0.25) is 4.79 Å². The van der Waals surface area contributed by atoms with Gasteiger partial charge in [0.15, 0.2) is 0 Å². The average Bonchev–Trinajstić information content (AvgIpc) is 1.90. The Morgan fingerprint density at radius 1 is 1.55 bits per heavy atom. The monoisotopic (exact) mass is 163 g/mol. The predicted molar refractivity (Wildman–Crippen MR) is 39.3 cm³/mol.